The monoisotopic (exact) mass is 832 g/mol. The Morgan fingerprint density at radius 3 is 0.917 bits per heavy atom. The van der Waals surface area contributed by atoms with Crippen LogP contribution in [-0.4, -0.2) is 70.9 Å². The zero-order valence-electron chi connectivity index (χ0n) is 33.6. The van der Waals surface area contributed by atoms with Gasteiger partial charge in [-0.15, -0.1) is 0 Å². The number of hydrogen-bond acceptors (Lipinski definition) is 16. The highest BCUT2D eigenvalue weighted by Gasteiger charge is 2.57. The number of esters is 8. The van der Waals surface area contributed by atoms with Crippen LogP contribution in [0, 0.1) is 11.8 Å². The van der Waals surface area contributed by atoms with Crippen LogP contribution in [0.5, 0.6) is 0 Å². The van der Waals surface area contributed by atoms with Gasteiger partial charge in [0.2, 0.25) is 0 Å². The molecule has 4 aliphatic heterocycles. The lowest BCUT2D eigenvalue weighted by molar-refractivity contribution is -0.291. The van der Waals surface area contributed by atoms with Gasteiger partial charge in [0.05, 0.1) is 0 Å². The Labute approximate surface area is 345 Å². The predicted octanol–water partition coefficient (Wildman–Crippen LogP) is 5.54. The molecule has 4 spiro atoms. The van der Waals surface area contributed by atoms with Gasteiger partial charge in [-0.2, -0.15) is 0 Å². The summed E-state index contributed by atoms with van der Waals surface area (Å²) >= 11 is 0. The Bertz CT molecular complexity index is 1930. The van der Waals surface area contributed by atoms with Crippen molar-refractivity contribution in [2.75, 3.05) is 0 Å². The third-order valence-electron chi connectivity index (χ3n) is 12.4. The van der Waals surface area contributed by atoms with Crippen LogP contribution in [-0.2, 0) is 76.3 Å². The van der Waals surface area contributed by atoms with Crippen LogP contribution in [0.3, 0.4) is 0 Å². The maximum Gasteiger partial charge on any atom is 0.348 e. The fourth-order valence-corrected chi connectivity index (χ4v) is 8.55. The van der Waals surface area contributed by atoms with Crippen LogP contribution in [0.15, 0.2) is 70.9 Å². The smallest absolute Gasteiger partial charge is 0.348 e. The minimum atomic E-state index is -1.67. The Hall–Kier alpha value is -5.80. The van der Waals surface area contributed by atoms with Crippen molar-refractivity contribution in [2.45, 2.75) is 140 Å². The Balaban J connectivity index is 0.866. The Kier molecular flexibility index (Phi) is 12.0. The van der Waals surface area contributed by atoms with E-state index < -0.39 is 76.5 Å². The van der Waals surface area contributed by atoms with Crippen LogP contribution in [0.1, 0.15) is 117 Å². The molecule has 3 aliphatic carbocycles. The van der Waals surface area contributed by atoms with Gasteiger partial charge in [-0.3, -0.25) is 0 Å². The first kappa shape index (κ1) is 42.3. The summed E-state index contributed by atoms with van der Waals surface area (Å²) in [5.41, 5.74) is -1.25. The molecule has 0 atom stereocenters. The molecule has 7 rings (SSSR count). The third-order valence-corrected chi connectivity index (χ3v) is 12.4. The molecule has 3 saturated carbocycles. The molecule has 0 N–H and O–H groups in total. The van der Waals surface area contributed by atoms with E-state index in [2.05, 4.69) is 13.8 Å². The molecule has 60 heavy (non-hydrogen) atoms. The lowest BCUT2D eigenvalue weighted by Crippen LogP contribution is -2.56. The number of rotatable bonds is 8. The normalized spacial score (nSPS) is 33.3. The van der Waals surface area contributed by atoms with Gasteiger partial charge in [-0.05, 0) is 62.5 Å². The first-order valence-electron chi connectivity index (χ1n) is 20.7. The molecule has 0 radical (unpaired) electrons. The molecule has 0 aromatic heterocycles. The zero-order valence-corrected chi connectivity index (χ0v) is 33.6. The van der Waals surface area contributed by atoms with Crippen molar-refractivity contribution in [1.82, 2.24) is 0 Å². The van der Waals surface area contributed by atoms with Crippen molar-refractivity contribution < 1.29 is 76.3 Å². The van der Waals surface area contributed by atoms with Gasteiger partial charge >= 0.3 is 47.8 Å². The fourth-order valence-electron chi connectivity index (χ4n) is 8.55. The lowest BCUT2D eigenvalue weighted by Gasteiger charge is -2.46. The van der Waals surface area contributed by atoms with Gasteiger partial charge < -0.3 is 37.9 Å². The van der Waals surface area contributed by atoms with E-state index in [1.165, 1.54) is 48.6 Å². The summed E-state index contributed by atoms with van der Waals surface area (Å²) in [6.45, 7) is 4.19. The van der Waals surface area contributed by atoms with Crippen LogP contribution >= 0.6 is 0 Å². The standard InChI is InChI=1S/C44H48O16/c1-3-27-15-19-41(20-16-27)53-33(45)29(34(46)54-41)11-7-5-9-13-31-37(49)57-43(58-38(31)50)23-25-44(26-24-43)59-39(51)32(40(52)60-44)14-10-6-8-12-30-35(47)55-42(56-36(30)48)21-17-28(4-2)18-22-42/h5-7,10-14,27-28H,3-4,8-9,15-26H2,1-2H3. The van der Waals surface area contributed by atoms with Crippen molar-refractivity contribution in [3.8, 4) is 0 Å². The van der Waals surface area contributed by atoms with E-state index in [4.69, 9.17) is 37.9 Å². The molecular formula is C44H48O16. The van der Waals surface area contributed by atoms with E-state index >= 15 is 0 Å². The summed E-state index contributed by atoms with van der Waals surface area (Å²) in [7, 11) is 0. The molecule has 320 valence electrons. The van der Waals surface area contributed by atoms with E-state index in [1.54, 1.807) is 0 Å². The van der Waals surface area contributed by atoms with Gasteiger partial charge in [0.25, 0.3) is 23.1 Å². The second-order valence-electron chi connectivity index (χ2n) is 16.2. The number of hydrogen-bond donors (Lipinski definition) is 0. The molecule has 16 nitrogen and oxygen atoms in total. The fraction of sp³-hybridized carbons (Fsp3) is 0.545. The summed E-state index contributed by atoms with van der Waals surface area (Å²) in [5, 5.41) is 0. The molecule has 0 unspecified atom stereocenters. The molecule has 0 aromatic rings. The lowest BCUT2D eigenvalue weighted by atomic mass is 9.83. The summed E-state index contributed by atoms with van der Waals surface area (Å²) in [6.07, 6.45) is 17.5. The molecule has 16 heteroatoms. The quantitative estimate of drug-likeness (QED) is 0.127. The SMILES string of the molecule is CCC1CCC2(CC1)OC(=O)C(=CC=CCC=C1C(=O)OC3(CCC4(CC3)OC(=O)C(=CC=CCC=C3C(=O)OC5(CCC(CC)CC5)OC3=O)C(=O)O4)OC1=O)C(=O)O2. The largest absolute Gasteiger partial charge is 0.419 e. The summed E-state index contributed by atoms with van der Waals surface area (Å²) in [6, 6.07) is 0. The summed E-state index contributed by atoms with van der Waals surface area (Å²) in [4.78, 5) is 102. The van der Waals surface area contributed by atoms with Crippen molar-refractivity contribution in [1.29, 1.82) is 0 Å². The number of allylic oxidation sites excluding steroid dienone is 8. The highest BCUT2D eigenvalue weighted by Crippen LogP contribution is 2.46. The van der Waals surface area contributed by atoms with Crippen LogP contribution in [0.25, 0.3) is 0 Å². The van der Waals surface area contributed by atoms with Crippen LogP contribution in [0.2, 0.25) is 0 Å². The molecule has 0 aromatic carbocycles. The molecule has 0 amide bonds. The van der Waals surface area contributed by atoms with Gasteiger partial charge in [0.1, 0.15) is 22.3 Å². The second-order valence-corrected chi connectivity index (χ2v) is 16.2. The minimum absolute atomic E-state index is 0.0456. The highest BCUT2D eigenvalue weighted by molar-refractivity contribution is 6.17. The molecule has 7 fully saturated rings. The summed E-state index contributed by atoms with van der Waals surface area (Å²) < 4.78 is 44.4. The van der Waals surface area contributed by atoms with Gasteiger partial charge in [-0.25, -0.2) is 38.4 Å². The van der Waals surface area contributed by atoms with E-state index in [1.807, 2.05) is 0 Å². The van der Waals surface area contributed by atoms with E-state index in [9.17, 15) is 38.4 Å². The molecule has 4 saturated heterocycles. The maximum atomic E-state index is 12.9. The predicted molar refractivity (Wildman–Crippen MR) is 202 cm³/mol. The number of ether oxygens (including phenoxy) is 8. The minimum Gasteiger partial charge on any atom is -0.419 e. The van der Waals surface area contributed by atoms with E-state index in [-0.39, 0.29) is 55.2 Å². The van der Waals surface area contributed by atoms with Crippen molar-refractivity contribution in [3.05, 3.63) is 70.9 Å². The second kappa shape index (κ2) is 17.1. The van der Waals surface area contributed by atoms with Crippen LogP contribution in [0.4, 0.5) is 0 Å². The number of carbonyl (C=O) groups is 8. The van der Waals surface area contributed by atoms with Gasteiger partial charge in [0, 0.05) is 51.4 Å². The topological polar surface area (TPSA) is 210 Å². The first-order valence-corrected chi connectivity index (χ1v) is 20.7. The zero-order chi connectivity index (χ0) is 42.7. The first-order chi connectivity index (χ1) is 28.7. The average molecular weight is 833 g/mol. The van der Waals surface area contributed by atoms with E-state index in [0.717, 1.165) is 38.5 Å². The van der Waals surface area contributed by atoms with Gasteiger partial charge in [-0.1, -0.05) is 63.1 Å². The van der Waals surface area contributed by atoms with Crippen LogP contribution < -0.4 is 0 Å². The average Bonchev–Trinajstić information content (AvgIpc) is 3.20. The summed E-state index contributed by atoms with van der Waals surface area (Å²) in [5.74, 6) is -11.6. The highest BCUT2D eigenvalue weighted by atomic mass is 16.8. The molecule has 7 aliphatic rings. The Morgan fingerprint density at radius 1 is 0.400 bits per heavy atom. The third kappa shape index (κ3) is 8.87. The van der Waals surface area contributed by atoms with Crippen molar-refractivity contribution in [3.63, 3.8) is 0 Å². The Morgan fingerprint density at radius 2 is 0.650 bits per heavy atom. The molecule has 0 bridgehead atoms. The molecule has 4 heterocycles. The number of carbonyl (C=O) groups excluding carboxylic acids is 8. The van der Waals surface area contributed by atoms with Gasteiger partial charge in [0.15, 0.2) is 0 Å². The van der Waals surface area contributed by atoms with Crippen molar-refractivity contribution >= 4 is 47.8 Å². The maximum absolute atomic E-state index is 12.9. The molecular weight excluding hydrogens is 784 g/mol. The van der Waals surface area contributed by atoms with Crippen molar-refractivity contribution in [2.24, 2.45) is 11.8 Å². The van der Waals surface area contributed by atoms with E-state index in [0.29, 0.717) is 37.5 Å².